The normalized spacial score (nSPS) is 17.5. The Kier molecular flexibility index (Phi) is 5.59. The average molecular weight is 430 g/mol. The molecule has 0 spiro atoms. The lowest BCUT2D eigenvalue weighted by atomic mass is 9.95. The summed E-state index contributed by atoms with van der Waals surface area (Å²) in [5.74, 6) is 1.07. The third kappa shape index (κ3) is 3.97. The van der Waals surface area contributed by atoms with E-state index >= 15 is 0 Å². The summed E-state index contributed by atoms with van der Waals surface area (Å²) in [5, 5.41) is 6.38. The number of nitrogens with zero attached hydrogens (tertiary/aromatic N) is 3. The minimum atomic E-state index is -0.0633. The molecule has 1 atom stereocenters. The summed E-state index contributed by atoms with van der Waals surface area (Å²) in [7, 11) is 4.09. The molecular formula is C25H27N5O2. The topological polar surface area (TPSA) is 79.4 Å². The van der Waals surface area contributed by atoms with E-state index in [1.54, 1.807) is 12.4 Å². The highest BCUT2D eigenvalue weighted by Crippen LogP contribution is 2.35. The smallest absolute Gasteiger partial charge is 0.254 e. The second-order valence-corrected chi connectivity index (χ2v) is 8.59. The first-order valence-corrected chi connectivity index (χ1v) is 10.9. The van der Waals surface area contributed by atoms with Crippen LogP contribution < -0.4 is 10.6 Å². The molecule has 2 N–H and O–H groups in total. The third-order valence-electron chi connectivity index (χ3n) is 6.06. The van der Waals surface area contributed by atoms with Gasteiger partial charge >= 0.3 is 0 Å². The van der Waals surface area contributed by atoms with Crippen molar-refractivity contribution in [2.45, 2.75) is 25.4 Å². The number of hydrogen-bond donors (Lipinski definition) is 2. The molecule has 7 heteroatoms. The molecule has 32 heavy (non-hydrogen) atoms. The fourth-order valence-electron chi connectivity index (χ4n) is 4.55. The lowest BCUT2D eigenvalue weighted by Gasteiger charge is -2.19. The fourth-order valence-corrected chi connectivity index (χ4v) is 4.55. The first-order valence-electron chi connectivity index (χ1n) is 10.9. The van der Waals surface area contributed by atoms with Crippen molar-refractivity contribution in [1.82, 2.24) is 20.2 Å². The summed E-state index contributed by atoms with van der Waals surface area (Å²) < 4.78 is 5.60. The minimum absolute atomic E-state index is 0.0633. The van der Waals surface area contributed by atoms with Crippen LogP contribution >= 0.6 is 0 Å². The number of anilines is 2. The van der Waals surface area contributed by atoms with Crippen molar-refractivity contribution < 1.29 is 9.53 Å². The Labute approximate surface area is 187 Å². The van der Waals surface area contributed by atoms with Gasteiger partial charge in [-0.25, -0.2) is 4.98 Å². The number of benzene rings is 1. The Morgan fingerprint density at radius 2 is 2.00 bits per heavy atom. The molecule has 164 valence electrons. The van der Waals surface area contributed by atoms with Crippen LogP contribution in [0.5, 0.6) is 0 Å². The van der Waals surface area contributed by atoms with Crippen LogP contribution in [0.15, 0.2) is 48.8 Å². The molecule has 0 bridgehead atoms. The van der Waals surface area contributed by atoms with Crippen molar-refractivity contribution in [3.63, 3.8) is 0 Å². The van der Waals surface area contributed by atoms with E-state index in [2.05, 4.69) is 32.7 Å². The molecule has 5 rings (SSSR count). The zero-order valence-corrected chi connectivity index (χ0v) is 18.4. The molecule has 1 fully saturated rings. The number of carbonyl (C=O) groups excluding carboxylic acids is 1. The Balaban J connectivity index is 1.50. The van der Waals surface area contributed by atoms with Gasteiger partial charge in [0.15, 0.2) is 0 Å². The number of pyridine rings is 2. The molecule has 1 aromatic carbocycles. The van der Waals surface area contributed by atoms with Crippen LogP contribution in [0.25, 0.3) is 11.1 Å². The standard InChI is InChI=1S/C25H27N5O2/c1-30(2)14-22-19(17-9-12-32-15-17)4-6-23(29-22)28-21-5-3-18(16-7-10-26-11-8-16)20-13-27-25(31)24(20)21/h3-8,10-11,17H,9,12-15H2,1-2H3,(H,27,31)(H,28,29)/t17-/m0/s1. The maximum Gasteiger partial charge on any atom is 0.254 e. The van der Waals surface area contributed by atoms with Gasteiger partial charge in [0.05, 0.1) is 23.6 Å². The molecule has 4 heterocycles. The SMILES string of the molecule is CN(C)Cc1nc(Nc2ccc(-c3ccncc3)c3c2C(=O)NC3)ccc1[C@H]1CCOC1. The van der Waals surface area contributed by atoms with Crippen LogP contribution in [0.2, 0.25) is 0 Å². The van der Waals surface area contributed by atoms with Gasteiger partial charge in [0.1, 0.15) is 5.82 Å². The molecule has 0 unspecified atom stereocenters. The van der Waals surface area contributed by atoms with E-state index in [-0.39, 0.29) is 5.91 Å². The molecule has 2 aliphatic heterocycles. The largest absolute Gasteiger partial charge is 0.381 e. The maximum atomic E-state index is 12.7. The number of fused-ring (bicyclic) bond motifs is 1. The zero-order chi connectivity index (χ0) is 22.1. The molecule has 0 radical (unpaired) electrons. The van der Waals surface area contributed by atoms with Gasteiger partial charge in [-0.3, -0.25) is 9.78 Å². The lowest BCUT2D eigenvalue weighted by molar-refractivity contribution is 0.0966. The molecule has 2 aliphatic rings. The van der Waals surface area contributed by atoms with E-state index in [9.17, 15) is 4.79 Å². The predicted molar refractivity (Wildman–Crippen MR) is 124 cm³/mol. The highest BCUT2D eigenvalue weighted by atomic mass is 16.5. The summed E-state index contributed by atoms with van der Waals surface area (Å²) in [5.41, 5.74) is 6.84. The Hall–Kier alpha value is -3.29. The molecule has 0 saturated carbocycles. The fraction of sp³-hybridized carbons (Fsp3) is 0.320. The first kappa shape index (κ1) is 20.6. The third-order valence-corrected chi connectivity index (χ3v) is 6.06. The lowest BCUT2D eigenvalue weighted by Crippen LogP contribution is -2.16. The summed E-state index contributed by atoms with van der Waals surface area (Å²) in [4.78, 5) is 23.9. The molecule has 3 aromatic rings. The van der Waals surface area contributed by atoms with Crippen molar-refractivity contribution in [3.05, 3.63) is 71.2 Å². The summed E-state index contributed by atoms with van der Waals surface area (Å²) >= 11 is 0. The van der Waals surface area contributed by atoms with Crippen LogP contribution in [0.4, 0.5) is 11.5 Å². The Bertz CT molecular complexity index is 1140. The van der Waals surface area contributed by atoms with E-state index in [0.717, 1.165) is 60.1 Å². The van der Waals surface area contributed by atoms with Crippen molar-refractivity contribution >= 4 is 17.4 Å². The van der Waals surface area contributed by atoms with Gasteiger partial charge in [-0.05, 0) is 67.0 Å². The number of carbonyl (C=O) groups is 1. The second kappa shape index (κ2) is 8.68. The highest BCUT2D eigenvalue weighted by molar-refractivity contribution is 6.06. The second-order valence-electron chi connectivity index (χ2n) is 8.59. The first-order chi connectivity index (χ1) is 15.6. The van der Waals surface area contributed by atoms with E-state index in [1.165, 1.54) is 5.56 Å². The maximum absolute atomic E-state index is 12.7. The van der Waals surface area contributed by atoms with E-state index in [1.807, 2.05) is 38.4 Å². The van der Waals surface area contributed by atoms with Crippen molar-refractivity contribution in [2.24, 2.45) is 0 Å². The van der Waals surface area contributed by atoms with Crippen LogP contribution in [-0.4, -0.2) is 48.1 Å². The van der Waals surface area contributed by atoms with Gasteiger partial charge in [0, 0.05) is 38.0 Å². The summed E-state index contributed by atoms with van der Waals surface area (Å²) in [6, 6.07) is 12.1. The predicted octanol–water partition coefficient (Wildman–Crippen LogP) is 3.70. The van der Waals surface area contributed by atoms with Crippen molar-refractivity contribution in [1.29, 1.82) is 0 Å². The number of amides is 1. The zero-order valence-electron chi connectivity index (χ0n) is 18.4. The van der Waals surface area contributed by atoms with Crippen LogP contribution in [0.1, 0.15) is 39.5 Å². The Morgan fingerprint density at radius 3 is 2.75 bits per heavy atom. The number of hydrogen-bond acceptors (Lipinski definition) is 6. The number of nitrogens with one attached hydrogen (secondary N) is 2. The quantitative estimate of drug-likeness (QED) is 0.622. The summed E-state index contributed by atoms with van der Waals surface area (Å²) in [6.45, 7) is 2.82. The van der Waals surface area contributed by atoms with Gasteiger partial charge in [-0.15, -0.1) is 0 Å². The van der Waals surface area contributed by atoms with Crippen molar-refractivity contribution in [2.75, 3.05) is 32.6 Å². The molecule has 1 saturated heterocycles. The minimum Gasteiger partial charge on any atom is -0.381 e. The molecule has 0 aliphatic carbocycles. The number of ether oxygens (including phenoxy) is 1. The van der Waals surface area contributed by atoms with Crippen LogP contribution in [0.3, 0.4) is 0 Å². The van der Waals surface area contributed by atoms with Gasteiger partial charge < -0.3 is 20.3 Å². The van der Waals surface area contributed by atoms with Crippen molar-refractivity contribution in [3.8, 4) is 11.1 Å². The van der Waals surface area contributed by atoms with E-state index < -0.39 is 0 Å². The molecule has 1 amide bonds. The van der Waals surface area contributed by atoms with Gasteiger partial charge in [-0.2, -0.15) is 0 Å². The molecule has 7 nitrogen and oxygen atoms in total. The highest BCUT2D eigenvalue weighted by Gasteiger charge is 2.27. The van der Waals surface area contributed by atoms with E-state index in [4.69, 9.17) is 9.72 Å². The summed E-state index contributed by atoms with van der Waals surface area (Å²) in [6.07, 6.45) is 4.56. The molecule has 2 aromatic heterocycles. The Morgan fingerprint density at radius 1 is 1.16 bits per heavy atom. The molecular weight excluding hydrogens is 402 g/mol. The van der Waals surface area contributed by atoms with Gasteiger partial charge in [0.25, 0.3) is 5.91 Å². The van der Waals surface area contributed by atoms with Crippen LogP contribution in [-0.2, 0) is 17.8 Å². The number of rotatable bonds is 6. The van der Waals surface area contributed by atoms with Gasteiger partial charge in [0.2, 0.25) is 0 Å². The van der Waals surface area contributed by atoms with Crippen LogP contribution in [0, 0.1) is 0 Å². The number of aromatic nitrogens is 2. The van der Waals surface area contributed by atoms with E-state index in [0.29, 0.717) is 18.0 Å². The average Bonchev–Trinajstić information content (AvgIpc) is 3.45. The monoisotopic (exact) mass is 429 g/mol. The van der Waals surface area contributed by atoms with Gasteiger partial charge in [-0.1, -0.05) is 12.1 Å².